The van der Waals surface area contributed by atoms with E-state index in [0.29, 0.717) is 12.6 Å². The topological polar surface area (TPSA) is 104 Å². The van der Waals surface area contributed by atoms with Crippen molar-refractivity contribution in [3.8, 4) is 12.0 Å². The fourth-order valence-corrected chi connectivity index (χ4v) is 1.47. The lowest BCUT2D eigenvalue weighted by atomic mass is 10.5. The second kappa shape index (κ2) is 5.74. The van der Waals surface area contributed by atoms with Crippen molar-refractivity contribution in [2.24, 2.45) is 5.84 Å². The highest BCUT2D eigenvalue weighted by molar-refractivity contribution is 9.10. The number of aromatic nitrogens is 5. The molecular formula is C9H12BrN7O. The van der Waals surface area contributed by atoms with E-state index in [0.717, 1.165) is 10.9 Å². The van der Waals surface area contributed by atoms with Crippen LogP contribution in [0.15, 0.2) is 16.9 Å². The largest absolute Gasteiger partial charge is 0.463 e. The van der Waals surface area contributed by atoms with Gasteiger partial charge in [-0.15, -0.1) is 0 Å². The highest BCUT2D eigenvalue weighted by Gasteiger charge is 2.09. The maximum absolute atomic E-state index is 5.36. The third kappa shape index (κ3) is 2.93. The summed E-state index contributed by atoms with van der Waals surface area (Å²) in [6, 6.07) is 0.210. The van der Waals surface area contributed by atoms with Gasteiger partial charge in [0, 0.05) is 6.20 Å². The molecule has 0 atom stereocenters. The lowest BCUT2D eigenvalue weighted by Crippen LogP contribution is -2.15. The summed E-state index contributed by atoms with van der Waals surface area (Å²) < 4.78 is 7.67. The van der Waals surface area contributed by atoms with Crippen LogP contribution in [0.4, 0.5) is 5.95 Å². The molecule has 9 heteroatoms. The minimum Gasteiger partial charge on any atom is -0.463 e. The summed E-state index contributed by atoms with van der Waals surface area (Å²) in [5.74, 6) is 5.85. The maximum atomic E-state index is 5.36. The number of nitrogens with zero attached hydrogens (tertiary/aromatic N) is 5. The Balaban J connectivity index is 2.34. The van der Waals surface area contributed by atoms with Gasteiger partial charge in [0.05, 0.1) is 17.3 Å². The summed E-state index contributed by atoms with van der Waals surface area (Å²) in [6.45, 7) is 2.52. The Morgan fingerprint density at radius 1 is 1.44 bits per heavy atom. The molecule has 3 N–H and O–H groups in total. The van der Waals surface area contributed by atoms with Gasteiger partial charge in [0.1, 0.15) is 0 Å². The van der Waals surface area contributed by atoms with Crippen molar-refractivity contribution in [3.63, 3.8) is 0 Å². The van der Waals surface area contributed by atoms with E-state index in [9.17, 15) is 0 Å². The van der Waals surface area contributed by atoms with Crippen molar-refractivity contribution in [2.45, 2.75) is 13.3 Å². The summed E-state index contributed by atoms with van der Waals surface area (Å²) in [5.41, 5.74) is 2.37. The van der Waals surface area contributed by atoms with Crippen LogP contribution in [-0.2, 0) is 0 Å². The summed E-state index contributed by atoms with van der Waals surface area (Å²) in [7, 11) is 0. The molecule has 2 aromatic rings. The predicted octanol–water partition coefficient (Wildman–Crippen LogP) is 0.894. The van der Waals surface area contributed by atoms with E-state index in [1.807, 2.05) is 6.92 Å². The first-order valence-corrected chi connectivity index (χ1v) is 6.08. The third-order valence-electron chi connectivity index (χ3n) is 1.92. The molecule has 2 heterocycles. The van der Waals surface area contributed by atoms with Gasteiger partial charge in [0.2, 0.25) is 5.95 Å². The van der Waals surface area contributed by atoms with Gasteiger partial charge in [-0.1, -0.05) is 6.92 Å². The van der Waals surface area contributed by atoms with Gasteiger partial charge >= 0.3 is 6.01 Å². The molecule has 2 aromatic heterocycles. The van der Waals surface area contributed by atoms with E-state index < -0.39 is 0 Å². The molecule has 0 unspecified atom stereocenters. The summed E-state index contributed by atoms with van der Waals surface area (Å²) in [6.07, 6.45) is 4.21. The van der Waals surface area contributed by atoms with Crippen LogP contribution in [0.2, 0.25) is 0 Å². The fourth-order valence-electron chi connectivity index (χ4n) is 1.18. The Morgan fingerprint density at radius 3 is 2.89 bits per heavy atom. The molecule has 0 aliphatic heterocycles. The smallest absolute Gasteiger partial charge is 0.323 e. The molecule has 8 nitrogen and oxygen atoms in total. The fraction of sp³-hybridized carbons (Fsp3) is 0.333. The summed E-state index contributed by atoms with van der Waals surface area (Å²) >= 11 is 3.30. The Morgan fingerprint density at radius 2 is 2.28 bits per heavy atom. The summed E-state index contributed by atoms with van der Waals surface area (Å²) in [4.78, 5) is 12.2. The van der Waals surface area contributed by atoms with Crippen LogP contribution in [0.1, 0.15) is 13.3 Å². The van der Waals surface area contributed by atoms with Crippen molar-refractivity contribution in [3.05, 3.63) is 16.9 Å². The second-order valence-corrected chi connectivity index (χ2v) is 4.25. The minimum atomic E-state index is 0.210. The highest BCUT2D eigenvalue weighted by atomic mass is 79.9. The molecule has 0 spiro atoms. The molecular weight excluding hydrogens is 302 g/mol. The van der Waals surface area contributed by atoms with Crippen LogP contribution >= 0.6 is 15.9 Å². The van der Waals surface area contributed by atoms with Crippen molar-refractivity contribution >= 4 is 21.9 Å². The monoisotopic (exact) mass is 313 g/mol. The molecule has 0 fully saturated rings. The van der Waals surface area contributed by atoms with E-state index in [1.165, 1.54) is 4.68 Å². The number of anilines is 1. The normalized spacial score (nSPS) is 10.4. The van der Waals surface area contributed by atoms with E-state index in [-0.39, 0.29) is 12.0 Å². The molecule has 0 amide bonds. The van der Waals surface area contributed by atoms with Gasteiger partial charge in [-0.3, -0.25) is 5.43 Å². The first-order valence-electron chi connectivity index (χ1n) is 5.29. The van der Waals surface area contributed by atoms with E-state index in [1.54, 1.807) is 12.4 Å². The molecule has 2 rings (SSSR count). The van der Waals surface area contributed by atoms with Crippen LogP contribution in [0.3, 0.4) is 0 Å². The molecule has 18 heavy (non-hydrogen) atoms. The first-order chi connectivity index (χ1) is 8.72. The Kier molecular flexibility index (Phi) is 4.05. The van der Waals surface area contributed by atoms with Crippen LogP contribution in [0.5, 0.6) is 6.01 Å². The van der Waals surface area contributed by atoms with Gasteiger partial charge in [-0.25, -0.2) is 10.5 Å². The number of hydrogen-bond acceptors (Lipinski definition) is 7. The SMILES string of the molecule is CCCOc1nc(NN)nc(-n2cc(Br)cn2)n1. The standard InChI is InChI=1S/C9H12BrN7O/c1-2-3-18-9-14-7(16-11)13-8(15-9)17-5-6(10)4-12-17/h4-5H,2-3,11H2,1H3,(H,13,14,15,16). The predicted molar refractivity (Wildman–Crippen MR) is 68.2 cm³/mol. The van der Waals surface area contributed by atoms with Crippen molar-refractivity contribution in [1.82, 2.24) is 24.7 Å². The number of nitrogen functional groups attached to an aromatic ring is 1. The third-order valence-corrected chi connectivity index (χ3v) is 2.33. The van der Waals surface area contributed by atoms with E-state index >= 15 is 0 Å². The average molecular weight is 314 g/mol. The average Bonchev–Trinajstić information content (AvgIpc) is 2.82. The Hall–Kier alpha value is -1.74. The molecule has 0 saturated heterocycles. The second-order valence-electron chi connectivity index (χ2n) is 3.34. The van der Waals surface area contributed by atoms with Gasteiger partial charge in [-0.05, 0) is 22.4 Å². The molecule has 0 aliphatic rings. The molecule has 0 saturated carbocycles. The Labute approximate surface area is 112 Å². The van der Waals surface area contributed by atoms with Gasteiger partial charge in [0.15, 0.2) is 0 Å². The van der Waals surface area contributed by atoms with Gasteiger partial charge in [0.25, 0.3) is 5.95 Å². The number of hydrogen-bond donors (Lipinski definition) is 2. The highest BCUT2D eigenvalue weighted by Crippen LogP contribution is 2.13. The van der Waals surface area contributed by atoms with Gasteiger partial charge < -0.3 is 4.74 Å². The van der Waals surface area contributed by atoms with Gasteiger partial charge in [-0.2, -0.15) is 20.1 Å². The lowest BCUT2D eigenvalue weighted by molar-refractivity contribution is 0.291. The van der Waals surface area contributed by atoms with E-state index in [4.69, 9.17) is 10.6 Å². The number of nitrogens with one attached hydrogen (secondary N) is 1. The minimum absolute atomic E-state index is 0.210. The zero-order chi connectivity index (χ0) is 13.0. The number of rotatable bonds is 5. The quantitative estimate of drug-likeness (QED) is 0.624. The number of ether oxygens (including phenoxy) is 1. The Bertz CT molecular complexity index is 529. The molecule has 0 aromatic carbocycles. The number of hydrazine groups is 1. The van der Waals surface area contributed by atoms with Crippen molar-refractivity contribution < 1.29 is 4.74 Å². The first kappa shape index (κ1) is 12.7. The lowest BCUT2D eigenvalue weighted by Gasteiger charge is -2.06. The van der Waals surface area contributed by atoms with Crippen molar-refractivity contribution in [2.75, 3.05) is 12.0 Å². The zero-order valence-corrected chi connectivity index (χ0v) is 11.3. The summed E-state index contributed by atoms with van der Waals surface area (Å²) in [5, 5.41) is 4.08. The zero-order valence-electron chi connectivity index (χ0n) is 9.67. The van der Waals surface area contributed by atoms with Crippen LogP contribution in [0, 0.1) is 0 Å². The maximum Gasteiger partial charge on any atom is 0.323 e. The number of halogens is 1. The van der Waals surface area contributed by atoms with Crippen LogP contribution < -0.4 is 16.0 Å². The van der Waals surface area contributed by atoms with E-state index in [2.05, 4.69) is 41.4 Å². The molecule has 0 bridgehead atoms. The molecule has 96 valence electrons. The van der Waals surface area contributed by atoms with Crippen molar-refractivity contribution in [1.29, 1.82) is 0 Å². The van der Waals surface area contributed by atoms with Crippen LogP contribution in [0.25, 0.3) is 5.95 Å². The van der Waals surface area contributed by atoms with Crippen LogP contribution in [-0.4, -0.2) is 31.3 Å². The molecule has 0 aliphatic carbocycles. The molecule has 0 radical (unpaired) electrons. The number of nitrogens with two attached hydrogens (primary N) is 1.